The molecule has 47 heavy (non-hydrogen) atoms. The Morgan fingerprint density at radius 1 is 1.13 bits per heavy atom. The summed E-state index contributed by atoms with van der Waals surface area (Å²) in [5.41, 5.74) is 3.17. The summed E-state index contributed by atoms with van der Waals surface area (Å²) in [6.07, 6.45) is 7.87. The number of fused-ring (bicyclic) bond motifs is 2. The number of hydrogen-bond donors (Lipinski definition) is 2. The molecule has 0 saturated carbocycles. The quantitative estimate of drug-likeness (QED) is 0.254. The third kappa shape index (κ3) is 6.73. The summed E-state index contributed by atoms with van der Waals surface area (Å²) in [5.74, 6) is 1.49. The van der Waals surface area contributed by atoms with Crippen molar-refractivity contribution in [1.29, 1.82) is 0 Å². The minimum atomic E-state index is -0.285. The smallest absolute Gasteiger partial charge is 0.247 e. The maximum Gasteiger partial charge on any atom is 0.247 e. The number of halogens is 2. The maximum absolute atomic E-state index is 12.6. The number of aromatic nitrogens is 2. The molecule has 2 aromatic carbocycles. The van der Waals surface area contributed by atoms with Gasteiger partial charge in [-0.25, -0.2) is 15.0 Å². The highest BCUT2D eigenvalue weighted by atomic mass is 35.5. The van der Waals surface area contributed by atoms with E-state index in [1.54, 1.807) is 13.2 Å². The van der Waals surface area contributed by atoms with Gasteiger partial charge in [0.15, 0.2) is 5.82 Å². The van der Waals surface area contributed by atoms with Crippen LogP contribution >= 0.6 is 23.2 Å². The summed E-state index contributed by atoms with van der Waals surface area (Å²) in [6, 6.07) is 12.5. The van der Waals surface area contributed by atoms with E-state index in [-0.39, 0.29) is 11.9 Å². The SMILES string of the molecule is C=CC(=O)Nc1cc(Nc2cc(N3OCC[C@@H]3Cc3cccc(Cl)c3Cl)ncn2)c(OC)cc1N1CCC(N2C[C@H]3C[C@@H]2CO3)CC1. The largest absolute Gasteiger partial charge is 0.494 e. The van der Waals surface area contributed by atoms with Gasteiger partial charge in [0.05, 0.1) is 59.6 Å². The Morgan fingerprint density at radius 2 is 1.98 bits per heavy atom. The second kappa shape index (κ2) is 13.9. The highest BCUT2D eigenvalue weighted by molar-refractivity contribution is 6.42. The predicted molar refractivity (Wildman–Crippen MR) is 184 cm³/mol. The third-order valence-corrected chi connectivity index (χ3v) is 10.5. The lowest BCUT2D eigenvalue weighted by molar-refractivity contribution is -0.111. The fourth-order valence-electron chi connectivity index (χ4n) is 7.28. The highest BCUT2D eigenvalue weighted by Crippen LogP contribution is 2.41. The van der Waals surface area contributed by atoms with Crippen molar-refractivity contribution in [3.8, 4) is 5.75 Å². The van der Waals surface area contributed by atoms with E-state index in [9.17, 15) is 4.79 Å². The van der Waals surface area contributed by atoms with Gasteiger partial charge >= 0.3 is 0 Å². The Bertz CT molecular complexity index is 1640. The van der Waals surface area contributed by atoms with Crippen LogP contribution in [-0.4, -0.2) is 85.0 Å². The number of anilines is 5. The fraction of sp³-hybridized carbons (Fsp3) is 0.441. The van der Waals surface area contributed by atoms with Crippen LogP contribution in [0.5, 0.6) is 5.75 Å². The Morgan fingerprint density at radius 3 is 2.72 bits per heavy atom. The molecule has 4 aliphatic heterocycles. The minimum Gasteiger partial charge on any atom is -0.494 e. The third-order valence-electron chi connectivity index (χ3n) is 9.62. The first-order valence-corrected chi connectivity index (χ1v) is 16.9. The number of carbonyl (C=O) groups excluding carboxylic acids is 1. The van der Waals surface area contributed by atoms with E-state index >= 15 is 0 Å². The molecule has 4 fully saturated rings. The van der Waals surface area contributed by atoms with Crippen LogP contribution in [0.3, 0.4) is 0 Å². The van der Waals surface area contributed by atoms with Crippen molar-refractivity contribution in [2.45, 2.75) is 56.3 Å². The second-order valence-electron chi connectivity index (χ2n) is 12.4. The molecule has 11 nitrogen and oxygen atoms in total. The molecular weight excluding hydrogens is 641 g/mol. The molecule has 7 rings (SSSR count). The van der Waals surface area contributed by atoms with Crippen LogP contribution in [0.1, 0.15) is 31.2 Å². The van der Waals surface area contributed by atoms with E-state index in [0.717, 1.165) is 63.2 Å². The van der Waals surface area contributed by atoms with Crippen molar-refractivity contribution >= 4 is 57.8 Å². The van der Waals surface area contributed by atoms with Crippen molar-refractivity contribution in [2.75, 3.05) is 60.6 Å². The summed E-state index contributed by atoms with van der Waals surface area (Å²) in [6.45, 7) is 7.85. The molecule has 13 heteroatoms. The molecular formula is C34H39Cl2N7O4. The number of benzene rings is 2. The van der Waals surface area contributed by atoms with Gasteiger partial charge in [-0.15, -0.1) is 0 Å². The van der Waals surface area contributed by atoms with Gasteiger partial charge in [-0.1, -0.05) is 41.9 Å². The molecule has 3 aromatic rings. The van der Waals surface area contributed by atoms with Gasteiger partial charge < -0.3 is 25.0 Å². The molecule has 1 amide bonds. The zero-order valence-electron chi connectivity index (χ0n) is 26.3. The Hall–Kier alpha value is -3.61. The number of methoxy groups -OCH3 is 1. The molecule has 0 radical (unpaired) electrons. The first kappa shape index (κ1) is 32.0. The number of carbonyl (C=O) groups is 1. The molecule has 3 atom stereocenters. The summed E-state index contributed by atoms with van der Waals surface area (Å²) in [7, 11) is 1.64. The van der Waals surface area contributed by atoms with E-state index in [1.807, 2.05) is 35.4 Å². The number of nitrogens with zero attached hydrogens (tertiary/aromatic N) is 5. The summed E-state index contributed by atoms with van der Waals surface area (Å²) >= 11 is 12.8. The Balaban J connectivity index is 1.10. The summed E-state index contributed by atoms with van der Waals surface area (Å²) < 4.78 is 11.7. The maximum atomic E-state index is 12.6. The molecule has 2 N–H and O–H groups in total. The predicted octanol–water partition coefficient (Wildman–Crippen LogP) is 5.86. The topological polar surface area (TPSA) is 104 Å². The molecule has 4 aliphatic rings. The van der Waals surface area contributed by atoms with Gasteiger partial charge in [0.25, 0.3) is 0 Å². The van der Waals surface area contributed by atoms with Crippen LogP contribution in [0.2, 0.25) is 10.0 Å². The average molecular weight is 681 g/mol. The molecule has 2 bridgehead atoms. The first-order valence-electron chi connectivity index (χ1n) is 16.1. The fourth-order valence-corrected chi connectivity index (χ4v) is 7.68. The monoisotopic (exact) mass is 679 g/mol. The number of morpholine rings is 1. The lowest BCUT2D eigenvalue weighted by Gasteiger charge is -2.41. The van der Waals surface area contributed by atoms with Gasteiger partial charge in [0, 0.05) is 43.9 Å². The molecule has 1 aromatic heterocycles. The second-order valence-corrected chi connectivity index (χ2v) is 13.2. The van der Waals surface area contributed by atoms with Crippen LogP contribution < -0.4 is 25.3 Å². The van der Waals surface area contributed by atoms with Crippen LogP contribution in [0.15, 0.2) is 55.4 Å². The number of amides is 1. The number of likely N-dealkylation sites (tertiary alicyclic amines) is 1. The van der Waals surface area contributed by atoms with Crippen molar-refractivity contribution in [1.82, 2.24) is 14.9 Å². The first-order chi connectivity index (χ1) is 22.9. The van der Waals surface area contributed by atoms with Crippen LogP contribution in [0, 0.1) is 0 Å². The van der Waals surface area contributed by atoms with Crippen molar-refractivity contribution in [3.05, 3.63) is 71.0 Å². The van der Waals surface area contributed by atoms with E-state index in [4.69, 9.17) is 37.5 Å². The number of nitrogens with one attached hydrogen (secondary N) is 2. The van der Waals surface area contributed by atoms with Gasteiger partial charge in [-0.2, -0.15) is 0 Å². The van der Waals surface area contributed by atoms with Crippen LogP contribution in [0.25, 0.3) is 0 Å². The zero-order chi connectivity index (χ0) is 32.5. The molecule has 5 heterocycles. The average Bonchev–Trinajstić information content (AvgIpc) is 3.86. The molecule has 4 saturated heterocycles. The minimum absolute atomic E-state index is 0.0151. The van der Waals surface area contributed by atoms with E-state index in [0.29, 0.717) is 70.0 Å². The van der Waals surface area contributed by atoms with Gasteiger partial charge in [-0.05, 0) is 55.9 Å². The summed E-state index contributed by atoms with van der Waals surface area (Å²) in [5, 5.41) is 9.29. The Kier molecular flexibility index (Phi) is 9.42. The standard InChI is InChI=1S/C34H39Cl2N7O4/c1-3-33(44)40-27-15-28(30(45-2)16-29(27)41-10-7-22(8-11-41)42-18-25-14-24(42)19-46-25)39-31-17-32(38-20-37-31)43-23(9-12-47-43)13-21-5-4-6-26(35)34(21)36/h3-6,15-17,20,22-25H,1,7-14,18-19H2,2H3,(H,40,44)(H,37,38,39)/t23-,24-,25-/m1/s1. The molecule has 0 aliphatic carbocycles. The summed E-state index contributed by atoms with van der Waals surface area (Å²) in [4.78, 5) is 32.5. The van der Waals surface area contributed by atoms with Gasteiger partial charge in [-0.3, -0.25) is 14.5 Å². The lowest BCUT2D eigenvalue weighted by Crippen LogP contribution is -2.49. The van der Waals surface area contributed by atoms with Crippen LogP contribution in [0.4, 0.5) is 28.7 Å². The molecule has 0 spiro atoms. The highest BCUT2D eigenvalue weighted by Gasteiger charge is 2.42. The number of piperidine rings is 1. The number of hydrogen-bond acceptors (Lipinski definition) is 10. The zero-order valence-corrected chi connectivity index (χ0v) is 27.8. The van der Waals surface area contributed by atoms with Crippen LogP contribution in [-0.2, 0) is 20.8 Å². The Labute approximate surface area is 284 Å². The number of ether oxygens (including phenoxy) is 2. The van der Waals surface area contributed by atoms with E-state index < -0.39 is 0 Å². The lowest BCUT2D eigenvalue weighted by atomic mass is 10.0. The van der Waals surface area contributed by atoms with Gasteiger partial charge in [0.2, 0.25) is 5.91 Å². The molecule has 248 valence electrons. The number of hydroxylamine groups is 1. The normalized spacial score (nSPS) is 22.9. The van der Waals surface area contributed by atoms with Gasteiger partial charge in [0.1, 0.15) is 17.9 Å². The number of rotatable bonds is 10. The van der Waals surface area contributed by atoms with Crippen molar-refractivity contribution < 1.29 is 19.1 Å². The van der Waals surface area contributed by atoms with E-state index in [2.05, 4.69) is 37.0 Å². The van der Waals surface area contributed by atoms with E-state index in [1.165, 1.54) is 12.4 Å². The van der Waals surface area contributed by atoms with Crippen molar-refractivity contribution in [2.24, 2.45) is 0 Å². The molecule has 0 unspecified atom stereocenters. The van der Waals surface area contributed by atoms with Crippen molar-refractivity contribution in [3.63, 3.8) is 0 Å².